The lowest BCUT2D eigenvalue weighted by Crippen LogP contribution is -2.10. The van der Waals surface area contributed by atoms with Gasteiger partial charge in [0.25, 0.3) is 0 Å². The third-order valence-electron chi connectivity index (χ3n) is 20.1. The summed E-state index contributed by atoms with van der Waals surface area (Å²) in [6.45, 7) is 20.5. The predicted octanol–water partition coefficient (Wildman–Crippen LogP) is 24.8. The quantitative estimate of drug-likeness (QED) is 0.152. The molecule has 0 saturated heterocycles. The first kappa shape index (κ1) is 58.7. The van der Waals surface area contributed by atoms with Gasteiger partial charge in [0.05, 0.1) is 38.7 Å². The van der Waals surface area contributed by atoms with Crippen molar-refractivity contribution < 1.29 is 0 Å². The van der Waals surface area contributed by atoms with Crippen molar-refractivity contribution in [3.63, 3.8) is 0 Å². The minimum atomic E-state index is -0.0178. The summed E-state index contributed by atoms with van der Waals surface area (Å²) in [5.41, 5.74) is 24.0. The second-order valence-corrected chi connectivity index (χ2v) is 30.1. The molecule has 0 atom stereocenters. The highest BCUT2D eigenvalue weighted by Crippen LogP contribution is 2.54. The summed E-state index contributed by atoms with van der Waals surface area (Å²) < 4.78 is 9.66. The van der Waals surface area contributed by atoms with Gasteiger partial charge in [-0.3, -0.25) is 4.98 Å². The SMILES string of the molecule is CC(C)(C)c1ccc2c(c1)c1ccccc1n2-c1ccc(-c2c(C#N)c(-c3ccc(-n4c5ccccc5c5cc(C(C)(C)C)ccc54)cc3)c(-c3ccc(-n4c5ccccc5c5cc(C(C)(C)C)ccc54)cc3)c(-c3ccc4sc5ccccc5c4c3)c2-c2ccncc2)cc1. The largest absolute Gasteiger partial charge is 0.309 e. The normalized spacial score (nSPS) is 12.4. The van der Waals surface area contributed by atoms with Crippen LogP contribution in [-0.4, -0.2) is 18.7 Å². The lowest BCUT2D eigenvalue weighted by molar-refractivity contribution is 0.591. The highest BCUT2D eigenvalue weighted by molar-refractivity contribution is 7.25. The van der Waals surface area contributed by atoms with E-state index in [1.54, 1.807) is 0 Å². The van der Waals surface area contributed by atoms with E-state index in [0.29, 0.717) is 5.56 Å². The molecule has 12 aromatic carbocycles. The zero-order valence-electron chi connectivity index (χ0n) is 55.5. The van der Waals surface area contributed by atoms with Crippen LogP contribution in [0.3, 0.4) is 0 Å². The Morgan fingerprint density at radius 3 is 1.01 bits per heavy atom. The number of para-hydroxylation sites is 3. The van der Waals surface area contributed by atoms with Gasteiger partial charge >= 0.3 is 0 Å². The number of rotatable bonds is 8. The number of aromatic nitrogens is 4. The van der Waals surface area contributed by atoms with Gasteiger partial charge < -0.3 is 13.7 Å². The van der Waals surface area contributed by atoms with Gasteiger partial charge in [-0.05, 0) is 199 Å². The Kier molecular flexibility index (Phi) is 13.5. The van der Waals surface area contributed by atoms with Gasteiger partial charge in [0.15, 0.2) is 0 Å². The number of pyridine rings is 1. The molecule has 0 radical (unpaired) electrons. The first-order valence-corrected chi connectivity index (χ1v) is 34.2. The van der Waals surface area contributed by atoms with Gasteiger partial charge in [-0.2, -0.15) is 5.26 Å². The molecule has 5 heterocycles. The zero-order chi connectivity index (χ0) is 65.5. The van der Waals surface area contributed by atoms with Gasteiger partial charge in [-0.1, -0.05) is 196 Å². The van der Waals surface area contributed by atoms with E-state index >= 15 is 0 Å². The molecule has 5 nitrogen and oxygen atoms in total. The van der Waals surface area contributed by atoms with Crippen molar-refractivity contribution >= 4 is 96.9 Å². The molecule has 6 heteroatoms. The zero-order valence-corrected chi connectivity index (χ0v) is 56.4. The molecule has 0 saturated carbocycles. The third-order valence-corrected chi connectivity index (χ3v) is 21.3. The Morgan fingerprint density at radius 1 is 0.292 bits per heavy atom. The van der Waals surface area contributed by atoms with E-state index in [2.05, 4.69) is 342 Å². The van der Waals surface area contributed by atoms with Crippen molar-refractivity contribution in [2.75, 3.05) is 0 Å². The predicted molar refractivity (Wildman–Crippen MR) is 408 cm³/mol. The second kappa shape index (κ2) is 22.0. The highest BCUT2D eigenvalue weighted by atomic mass is 32.1. The Bertz CT molecular complexity index is 6040. The molecule has 0 bridgehead atoms. The molecule has 0 unspecified atom stereocenters. The van der Waals surface area contributed by atoms with Crippen LogP contribution in [0, 0.1) is 11.3 Å². The summed E-state index contributed by atoms with van der Waals surface area (Å²) in [4.78, 5) is 4.65. The summed E-state index contributed by atoms with van der Waals surface area (Å²) in [6, 6.07) is 97.3. The van der Waals surface area contributed by atoms with Crippen molar-refractivity contribution in [2.24, 2.45) is 0 Å². The van der Waals surface area contributed by atoms with Crippen LogP contribution in [0.4, 0.5) is 0 Å². The van der Waals surface area contributed by atoms with Crippen LogP contribution in [0.1, 0.15) is 84.6 Å². The molecule has 17 rings (SSSR count). The van der Waals surface area contributed by atoms with Crippen LogP contribution in [0.15, 0.2) is 267 Å². The smallest absolute Gasteiger partial charge is 0.100 e. The fourth-order valence-electron chi connectivity index (χ4n) is 15.2. The summed E-state index contributed by atoms with van der Waals surface area (Å²) in [5, 5.41) is 22.3. The minimum absolute atomic E-state index is 0.0143. The summed E-state index contributed by atoms with van der Waals surface area (Å²) >= 11 is 1.82. The first-order valence-electron chi connectivity index (χ1n) is 33.4. The van der Waals surface area contributed by atoms with Crippen LogP contribution >= 0.6 is 11.3 Å². The maximum atomic E-state index is 12.6. The third kappa shape index (κ3) is 9.42. The van der Waals surface area contributed by atoms with E-state index < -0.39 is 0 Å². The maximum Gasteiger partial charge on any atom is 0.100 e. The molecule has 0 fully saturated rings. The first-order chi connectivity index (χ1) is 46.5. The molecule has 0 aliphatic carbocycles. The fraction of sp³-hybridized carbons (Fsp3) is 0.133. The summed E-state index contributed by atoms with van der Waals surface area (Å²) in [7, 11) is 0. The van der Waals surface area contributed by atoms with Crippen molar-refractivity contribution in [1.29, 1.82) is 5.26 Å². The number of nitriles is 1. The van der Waals surface area contributed by atoms with Crippen molar-refractivity contribution in [3.05, 3.63) is 289 Å². The molecule has 96 heavy (non-hydrogen) atoms. The Morgan fingerprint density at radius 2 is 0.615 bits per heavy atom. The molecule has 17 aromatic rings. The van der Waals surface area contributed by atoms with Crippen LogP contribution in [0.25, 0.3) is 158 Å². The van der Waals surface area contributed by atoms with E-state index in [1.807, 2.05) is 23.7 Å². The van der Waals surface area contributed by atoms with E-state index in [9.17, 15) is 5.26 Å². The number of thiophene rings is 1. The number of nitrogens with zero attached hydrogens (tertiary/aromatic N) is 5. The molecule has 0 aliphatic heterocycles. The van der Waals surface area contributed by atoms with E-state index in [-0.39, 0.29) is 16.2 Å². The molecule has 0 spiro atoms. The highest BCUT2D eigenvalue weighted by Gasteiger charge is 2.31. The van der Waals surface area contributed by atoms with E-state index in [0.717, 1.165) is 106 Å². The average molecular weight is 1250 g/mol. The lowest BCUT2D eigenvalue weighted by Gasteiger charge is -2.26. The van der Waals surface area contributed by atoms with Gasteiger partial charge in [-0.25, -0.2) is 0 Å². The molecule has 5 aromatic heterocycles. The van der Waals surface area contributed by atoms with Crippen LogP contribution in [0.2, 0.25) is 0 Å². The number of benzene rings is 12. The van der Waals surface area contributed by atoms with E-state index in [4.69, 9.17) is 0 Å². The molecule has 0 amide bonds. The van der Waals surface area contributed by atoms with Gasteiger partial charge in [0, 0.05) is 93.1 Å². The van der Waals surface area contributed by atoms with Crippen LogP contribution in [-0.2, 0) is 16.2 Å². The van der Waals surface area contributed by atoms with Crippen molar-refractivity contribution in [2.45, 2.75) is 78.6 Å². The summed E-state index contributed by atoms with van der Waals surface area (Å²) in [6.07, 6.45) is 3.77. The minimum Gasteiger partial charge on any atom is -0.309 e. The van der Waals surface area contributed by atoms with Crippen LogP contribution < -0.4 is 0 Å². The summed E-state index contributed by atoms with van der Waals surface area (Å²) in [5.74, 6) is 0. The monoisotopic (exact) mass is 1250 g/mol. The number of hydrogen-bond donors (Lipinski definition) is 0. The van der Waals surface area contributed by atoms with Crippen molar-refractivity contribution in [3.8, 4) is 78.8 Å². The number of hydrogen-bond acceptors (Lipinski definition) is 3. The van der Waals surface area contributed by atoms with Crippen LogP contribution in [0.5, 0.6) is 0 Å². The fourth-order valence-corrected chi connectivity index (χ4v) is 16.3. The average Bonchev–Trinajstić information content (AvgIpc) is 1.84. The molecular formula is C90H71N5S. The standard InChI is InChI=1S/C90H71N5S/c1-88(2,3)60-33-42-78-70(51-60)66-18-10-14-22-75(66)93(78)63-36-26-55(27-37-63)83-74(54-91)84(56-28-38-64(39-29-56)94-76-23-15-11-19-67(76)71-52-61(89(4,5)6)34-43-79(71)94)86(58-46-48-92-49-47-58)87(59-32-45-82-73(50-59)69-21-13-17-25-81(69)96-82)85(83)57-30-40-65(41-31-57)95-77-24-16-12-20-68(77)72-53-62(90(7,8)9)35-44-80(72)95/h10-53H,1-9H3. The molecular weight excluding hydrogens is 1180 g/mol. The van der Waals surface area contributed by atoms with Crippen molar-refractivity contribution in [1.82, 2.24) is 18.7 Å². The molecule has 0 N–H and O–H groups in total. The lowest BCUT2D eigenvalue weighted by atomic mass is 9.76. The Balaban J connectivity index is 0.959. The molecule has 0 aliphatic rings. The maximum absolute atomic E-state index is 12.6. The molecule has 462 valence electrons. The van der Waals surface area contributed by atoms with Gasteiger partial charge in [0.2, 0.25) is 0 Å². The number of fused-ring (bicyclic) bond motifs is 12. The van der Waals surface area contributed by atoms with E-state index in [1.165, 1.54) is 69.2 Å². The Hall–Kier alpha value is -11.1. The van der Waals surface area contributed by atoms with Gasteiger partial charge in [-0.15, -0.1) is 11.3 Å². The van der Waals surface area contributed by atoms with Gasteiger partial charge in [0.1, 0.15) is 6.07 Å². The second-order valence-electron chi connectivity index (χ2n) is 29.1. The Labute approximate surface area is 564 Å². The topological polar surface area (TPSA) is 51.5 Å².